The molecule has 1 amide bonds. The zero-order chi connectivity index (χ0) is 14.4. The van der Waals surface area contributed by atoms with E-state index in [1.165, 1.54) is 20.4 Å². The molecular weight excluding hydrogens is 262 g/mol. The van der Waals surface area contributed by atoms with Gasteiger partial charge in [0.1, 0.15) is 0 Å². The number of carbonyl (C=O) groups excluding carboxylic acids is 1. The van der Waals surface area contributed by atoms with E-state index >= 15 is 0 Å². The van der Waals surface area contributed by atoms with E-state index in [0.29, 0.717) is 11.4 Å². The molecular formula is C12H13N5O3. The summed E-state index contributed by atoms with van der Waals surface area (Å²) in [5.41, 5.74) is 0.459. The van der Waals surface area contributed by atoms with Crippen LogP contribution in [0, 0.1) is 0 Å². The van der Waals surface area contributed by atoms with Crippen LogP contribution in [0.1, 0.15) is 16.2 Å². The third-order valence-corrected chi connectivity index (χ3v) is 2.34. The van der Waals surface area contributed by atoms with Crippen LogP contribution in [0.15, 0.2) is 24.5 Å². The van der Waals surface area contributed by atoms with Crippen LogP contribution in [0.3, 0.4) is 0 Å². The monoisotopic (exact) mass is 275 g/mol. The highest BCUT2D eigenvalue weighted by atomic mass is 16.5. The van der Waals surface area contributed by atoms with Crippen molar-refractivity contribution in [3.63, 3.8) is 0 Å². The molecule has 1 N–H and O–H groups in total. The van der Waals surface area contributed by atoms with Crippen molar-refractivity contribution in [3.8, 4) is 12.0 Å². The number of pyridine rings is 1. The van der Waals surface area contributed by atoms with Crippen molar-refractivity contribution in [2.24, 2.45) is 0 Å². The van der Waals surface area contributed by atoms with E-state index in [4.69, 9.17) is 9.47 Å². The van der Waals surface area contributed by atoms with Crippen LogP contribution in [-0.2, 0) is 6.54 Å². The van der Waals surface area contributed by atoms with Crippen molar-refractivity contribution in [3.05, 3.63) is 35.9 Å². The normalized spacial score (nSPS) is 9.90. The van der Waals surface area contributed by atoms with Gasteiger partial charge in [0.25, 0.3) is 5.91 Å². The van der Waals surface area contributed by atoms with Crippen LogP contribution in [0.5, 0.6) is 12.0 Å². The number of hydrogen-bond acceptors (Lipinski definition) is 7. The van der Waals surface area contributed by atoms with Crippen molar-refractivity contribution in [2.45, 2.75) is 6.54 Å². The van der Waals surface area contributed by atoms with Gasteiger partial charge in [0.2, 0.25) is 0 Å². The van der Waals surface area contributed by atoms with E-state index in [9.17, 15) is 4.79 Å². The summed E-state index contributed by atoms with van der Waals surface area (Å²) < 4.78 is 9.85. The summed E-state index contributed by atoms with van der Waals surface area (Å²) in [5.74, 6) is 0.0717. The SMILES string of the molecule is COc1nc(CNC(=O)c2cccnc2)nc(OC)n1. The molecule has 2 rings (SSSR count). The van der Waals surface area contributed by atoms with Gasteiger partial charge in [-0.25, -0.2) is 0 Å². The standard InChI is InChI=1S/C12H13N5O3/c1-19-11-15-9(16-12(17-11)20-2)7-14-10(18)8-4-3-5-13-6-8/h3-6H,7H2,1-2H3,(H,14,18). The van der Waals surface area contributed by atoms with Gasteiger partial charge in [-0.3, -0.25) is 9.78 Å². The molecule has 2 aromatic rings. The molecule has 2 heterocycles. The molecule has 0 aliphatic rings. The molecule has 104 valence electrons. The predicted molar refractivity (Wildman–Crippen MR) is 68.3 cm³/mol. The summed E-state index contributed by atoms with van der Waals surface area (Å²) in [7, 11) is 2.87. The number of methoxy groups -OCH3 is 2. The summed E-state index contributed by atoms with van der Waals surface area (Å²) >= 11 is 0. The lowest BCUT2D eigenvalue weighted by Gasteiger charge is -2.06. The first kappa shape index (κ1) is 13.7. The van der Waals surface area contributed by atoms with Crippen LogP contribution in [0.4, 0.5) is 0 Å². The van der Waals surface area contributed by atoms with E-state index < -0.39 is 0 Å². The summed E-state index contributed by atoms with van der Waals surface area (Å²) in [5, 5.41) is 2.68. The molecule has 0 saturated heterocycles. The number of rotatable bonds is 5. The van der Waals surface area contributed by atoms with Crippen molar-refractivity contribution in [1.29, 1.82) is 0 Å². The smallest absolute Gasteiger partial charge is 0.322 e. The Kier molecular flexibility index (Phi) is 4.38. The van der Waals surface area contributed by atoms with Crippen molar-refractivity contribution in [1.82, 2.24) is 25.3 Å². The van der Waals surface area contributed by atoms with Gasteiger partial charge >= 0.3 is 12.0 Å². The first-order valence-corrected chi connectivity index (χ1v) is 5.74. The molecule has 0 aromatic carbocycles. The zero-order valence-electron chi connectivity index (χ0n) is 11.0. The first-order chi connectivity index (χ1) is 9.72. The minimum Gasteiger partial charge on any atom is -0.467 e. The largest absolute Gasteiger partial charge is 0.467 e. The fourth-order valence-electron chi connectivity index (χ4n) is 1.40. The number of nitrogens with one attached hydrogen (secondary N) is 1. The Morgan fingerprint density at radius 2 is 1.90 bits per heavy atom. The van der Waals surface area contributed by atoms with Gasteiger partial charge in [0.05, 0.1) is 26.3 Å². The van der Waals surface area contributed by atoms with E-state index in [0.717, 1.165) is 0 Å². The maximum atomic E-state index is 11.8. The van der Waals surface area contributed by atoms with E-state index in [2.05, 4.69) is 25.3 Å². The molecule has 2 aromatic heterocycles. The molecule has 0 bridgehead atoms. The van der Waals surface area contributed by atoms with Crippen LogP contribution in [-0.4, -0.2) is 40.1 Å². The lowest BCUT2D eigenvalue weighted by atomic mass is 10.3. The molecule has 0 aliphatic heterocycles. The topological polar surface area (TPSA) is 99.1 Å². The van der Waals surface area contributed by atoms with Gasteiger partial charge in [-0.05, 0) is 12.1 Å². The second-order valence-corrected chi connectivity index (χ2v) is 3.65. The lowest BCUT2D eigenvalue weighted by Crippen LogP contribution is -2.24. The Balaban J connectivity index is 2.05. The second-order valence-electron chi connectivity index (χ2n) is 3.65. The molecule has 0 spiro atoms. The maximum Gasteiger partial charge on any atom is 0.322 e. The summed E-state index contributed by atoms with van der Waals surface area (Å²) in [4.78, 5) is 27.6. The van der Waals surface area contributed by atoms with E-state index in [-0.39, 0.29) is 24.5 Å². The van der Waals surface area contributed by atoms with Gasteiger partial charge in [0.15, 0.2) is 5.82 Å². The van der Waals surface area contributed by atoms with Crippen LogP contribution < -0.4 is 14.8 Å². The number of carbonyl (C=O) groups is 1. The van der Waals surface area contributed by atoms with Gasteiger partial charge in [-0.1, -0.05) is 0 Å². The lowest BCUT2D eigenvalue weighted by molar-refractivity contribution is 0.0949. The molecule has 0 fully saturated rings. The number of nitrogens with zero attached hydrogens (tertiary/aromatic N) is 4. The average Bonchev–Trinajstić information content (AvgIpc) is 2.53. The van der Waals surface area contributed by atoms with Crippen LogP contribution >= 0.6 is 0 Å². The van der Waals surface area contributed by atoms with E-state index in [1.807, 2.05) is 0 Å². The molecule has 0 aliphatic carbocycles. The van der Waals surface area contributed by atoms with Crippen LogP contribution in [0.25, 0.3) is 0 Å². The Bertz CT molecular complexity index is 569. The highest BCUT2D eigenvalue weighted by molar-refractivity contribution is 5.93. The Morgan fingerprint density at radius 3 is 2.45 bits per heavy atom. The average molecular weight is 275 g/mol. The molecule has 0 saturated carbocycles. The third kappa shape index (κ3) is 3.37. The van der Waals surface area contributed by atoms with Gasteiger partial charge < -0.3 is 14.8 Å². The summed E-state index contributed by atoms with van der Waals surface area (Å²) in [6.45, 7) is 0.128. The van der Waals surface area contributed by atoms with Gasteiger partial charge in [-0.2, -0.15) is 9.97 Å². The molecule has 0 unspecified atom stereocenters. The minimum atomic E-state index is -0.267. The fraction of sp³-hybridized carbons (Fsp3) is 0.250. The Morgan fingerprint density at radius 1 is 1.20 bits per heavy atom. The van der Waals surface area contributed by atoms with Crippen LogP contribution in [0.2, 0.25) is 0 Å². The number of amides is 1. The van der Waals surface area contributed by atoms with Crippen molar-refractivity contribution >= 4 is 5.91 Å². The highest BCUT2D eigenvalue weighted by Gasteiger charge is 2.09. The predicted octanol–water partition coefficient (Wildman–Crippen LogP) is 0.214. The second kappa shape index (κ2) is 6.41. The first-order valence-electron chi connectivity index (χ1n) is 5.74. The molecule has 0 atom stereocenters. The third-order valence-electron chi connectivity index (χ3n) is 2.34. The summed E-state index contributed by atoms with van der Waals surface area (Å²) in [6.07, 6.45) is 3.07. The minimum absolute atomic E-state index is 0.127. The number of aromatic nitrogens is 4. The number of ether oxygens (including phenoxy) is 2. The Labute approximate surface area is 115 Å². The molecule has 20 heavy (non-hydrogen) atoms. The summed E-state index contributed by atoms with van der Waals surface area (Å²) in [6, 6.07) is 3.60. The molecule has 8 nitrogen and oxygen atoms in total. The fourth-order valence-corrected chi connectivity index (χ4v) is 1.40. The van der Waals surface area contributed by atoms with Gasteiger partial charge in [0, 0.05) is 12.4 Å². The molecule has 8 heteroatoms. The molecule has 0 radical (unpaired) electrons. The van der Waals surface area contributed by atoms with Crippen molar-refractivity contribution < 1.29 is 14.3 Å². The van der Waals surface area contributed by atoms with Gasteiger partial charge in [-0.15, -0.1) is 4.98 Å². The zero-order valence-corrected chi connectivity index (χ0v) is 11.0. The maximum absolute atomic E-state index is 11.8. The van der Waals surface area contributed by atoms with E-state index in [1.54, 1.807) is 18.3 Å². The Hall–Kier alpha value is -2.77. The highest BCUT2D eigenvalue weighted by Crippen LogP contribution is 2.08. The quantitative estimate of drug-likeness (QED) is 0.832. The van der Waals surface area contributed by atoms with Crippen molar-refractivity contribution in [2.75, 3.05) is 14.2 Å². The number of hydrogen-bond donors (Lipinski definition) is 1.